The normalized spacial score (nSPS) is 20.0. The highest BCUT2D eigenvalue weighted by Crippen LogP contribution is 2.25. The second-order valence-corrected chi connectivity index (χ2v) is 7.07. The molecule has 0 spiro atoms. The van der Waals surface area contributed by atoms with E-state index in [-0.39, 0.29) is 35.9 Å². The van der Waals surface area contributed by atoms with Crippen LogP contribution in [-0.2, 0) is 16.1 Å². The molecular formula is C21H25N3O7. The predicted molar refractivity (Wildman–Crippen MR) is 109 cm³/mol. The highest BCUT2D eigenvalue weighted by Gasteiger charge is 2.34. The van der Waals surface area contributed by atoms with Gasteiger partial charge in [-0.1, -0.05) is 6.07 Å². The van der Waals surface area contributed by atoms with E-state index >= 15 is 0 Å². The third kappa shape index (κ3) is 7.34. The van der Waals surface area contributed by atoms with Gasteiger partial charge in [-0.05, 0) is 38.3 Å². The van der Waals surface area contributed by atoms with Gasteiger partial charge in [0.15, 0.2) is 11.2 Å². The second kappa shape index (κ2) is 11.6. The average Bonchev–Trinajstić information content (AvgIpc) is 2.74. The minimum absolute atomic E-state index is 0.0903. The summed E-state index contributed by atoms with van der Waals surface area (Å²) in [7, 11) is 0. The molecule has 31 heavy (non-hydrogen) atoms. The fourth-order valence-corrected chi connectivity index (χ4v) is 3.33. The third-order valence-corrected chi connectivity index (χ3v) is 4.79. The maximum Gasteiger partial charge on any atom is 0.290 e. The molecule has 0 aliphatic heterocycles. The summed E-state index contributed by atoms with van der Waals surface area (Å²) < 4.78 is 5.27. The quantitative estimate of drug-likeness (QED) is 0.502. The number of aromatic nitrogens is 1. The monoisotopic (exact) mass is 431 g/mol. The number of aliphatic hydroxyl groups is 1. The number of carboxylic acid groups (broad SMARTS) is 1. The Kier molecular flexibility index (Phi) is 8.89. The first-order valence-electron chi connectivity index (χ1n) is 9.70. The van der Waals surface area contributed by atoms with Crippen molar-refractivity contribution in [2.75, 3.05) is 0 Å². The molecule has 2 aromatic heterocycles. The molecule has 10 nitrogen and oxygen atoms in total. The third-order valence-electron chi connectivity index (χ3n) is 4.79. The molecule has 1 saturated carbocycles. The molecule has 0 radical (unpaired) electrons. The van der Waals surface area contributed by atoms with Gasteiger partial charge in [0.2, 0.25) is 5.91 Å². The van der Waals surface area contributed by atoms with Crippen molar-refractivity contribution < 1.29 is 29.0 Å². The lowest BCUT2D eigenvalue weighted by molar-refractivity contribution is -0.127. The molecule has 1 aliphatic carbocycles. The summed E-state index contributed by atoms with van der Waals surface area (Å²) in [5.41, 5.74) is 0.444. The Bertz CT molecular complexity index is 945. The van der Waals surface area contributed by atoms with Crippen molar-refractivity contribution >= 4 is 18.3 Å². The van der Waals surface area contributed by atoms with Crippen LogP contribution in [-0.4, -0.2) is 45.6 Å². The number of carbonyl (C=O) groups excluding carboxylic acids is 2. The molecule has 2 amide bonds. The van der Waals surface area contributed by atoms with Crippen LogP contribution in [0.15, 0.2) is 45.7 Å². The molecule has 1 fully saturated rings. The van der Waals surface area contributed by atoms with Crippen LogP contribution in [0.2, 0.25) is 0 Å². The van der Waals surface area contributed by atoms with Crippen molar-refractivity contribution in [1.82, 2.24) is 15.6 Å². The maximum atomic E-state index is 12.4. The molecule has 0 saturated heterocycles. The highest BCUT2D eigenvalue weighted by atomic mass is 16.4. The van der Waals surface area contributed by atoms with Crippen molar-refractivity contribution in [3.8, 4) is 0 Å². The molecule has 1 aliphatic rings. The first kappa shape index (κ1) is 23.7. The van der Waals surface area contributed by atoms with Crippen molar-refractivity contribution in [2.24, 2.45) is 5.92 Å². The van der Waals surface area contributed by atoms with Gasteiger partial charge in [-0.15, -0.1) is 0 Å². The summed E-state index contributed by atoms with van der Waals surface area (Å²) >= 11 is 0. The van der Waals surface area contributed by atoms with E-state index in [1.807, 2.05) is 12.1 Å². The van der Waals surface area contributed by atoms with Gasteiger partial charge in [0.25, 0.3) is 12.4 Å². The van der Waals surface area contributed by atoms with E-state index in [2.05, 4.69) is 15.6 Å². The van der Waals surface area contributed by atoms with Gasteiger partial charge in [0, 0.05) is 24.2 Å². The topological polar surface area (TPSA) is 159 Å². The molecule has 3 atom stereocenters. The van der Waals surface area contributed by atoms with Crippen molar-refractivity contribution in [3.05, 3.63) is 64.0 Å². The number of hydrogen-bond donors (Lipinski definition) is 4. The number of rotatable bonds is 5. The van der Waals surface area contributed by atoms with Crippen LogP contribution < -0.4 is 16.1 Å². The van der Waals surface area contributed by atoms with Gasteiger partial charge in [-0.25, -0.2) is 0 Å². The molecular weight excluding hydrogens is 406 g/mol. The number of aryl methyl sites for hydroxylation is 1. The molecule has 0 aromatic carbocycles. The Morgan fingerprint density at radius 1 is 1.29 bits per heavy atom. The average molecular weight is 431 g/mol. The molecule has 2 heterocycles. The van der Waals surface area contributed by atoms with Crippen LogP contribution in [0.25, 0.3) is 0 Å². The van der Waals surface area contributed by atoms with Crippen LogP contribution in [0, 0.1) is 12.8 Å². The molecule has 0 unspecified atom stereocenters. The smallest absolute Gasteiger partial charge is 0.290 e. The molecule has 2 aromatic rings. The number of nitrogens with zero attached hydrogens (tertiary/aromatic N) is 1. The summed E-state index contributed by atoms with van der Waals surface area (Å²) in [5.74, 6) is -0.773. The van der Waals surface area contributed by atoms with Crippen LogP contribution in [0.4, 0.5) is 0 Å². The van der Waals surface area contributed by atoms with Crippen LogP contribution in [0.5, 0.6) is 0 Å². The Labute approximate surface area is 178 Å². The summed E-state index contributed by atoms with van der Waals surface area (Å²) in [6.07, 6.45) is 2.03. The fourth-order valence-electron chi connectivity index (χ4n) is 3.33. The van der Waals surface area contributed by atoms with E-state index in [0.29, 0.717) is 25.1 Å². The lowest BCUT2D eigenvalue weighted by atomic mass is 9.83. The zero-order valence-corrected chi connectivity index (χ0v) is 17.0. The largest absolute Gasteiger partial charge is 0.483 e. The first-order valence-corrected chi connectivity index (χ1v) is 9.70. The fraction of sp³-hybridized carbons (Fsp3) is 0.381. The minimum atomic E-state index is -0.861. The van der Waals surface area contributed by atoms with E-state index < -0.39 is 18.1 Å². The van der Waals surface area contributed by atoms with Crippen molar-refractivity contribution in [3.63, 3.8) is 0 Å². The zero-order valence-electron chi connectivity index (χ0n) is 17.0. The first-order chi connectivity index (χ1) is 14.8. The summed E-state index contributed by atoms with van der Waals surface area (Å²) in [6, 6.07) is 7.39. The molecule has 3 rings (SSSR count). The highest BCUT2D eigenvalue weighted by molar-refractivity contribution is 5.91. The summed E-state index contributed by atoms with van der Waals surface area (Å²) in [4.78, 5) is 48.7. The zero-order chi connectivity index (χ0) is 22.8. The SMILES string of the molecule is Cc1cc(=O)cc(C(=O)N[C@@H]2CC[C@H](C(=O)NCc3ccccn3)C[C@H]2O)o1.O=CO. The number of carbonyl (C=O) groups is 3. The standard InChI is InChI=1S/C20H23N3O5.CH2O2/c1-12-8-15(24)10-18(28-12)20(27)23-16-6-5-13(9-17(16)25)19(26)22-11-14-4-2-3-7-21-14;2-1-3/h2-4,7-8,10,13,16-17,25H,5-6,9,11H2,1H3,(H,22,26)(H,23,27);1H,(H,2,3)/t13-,16+,17+;/m0./s1. The number of hydrogen-bond acceptors (Lipinski definition) is 7. The van der Waals surface area contributed by atoms with E-state index in [4.69, 9.17) is 14.3 Å². The number of amides is 2. The van der Waals surface area contributed by atoms with Gasteiger partial charge in [-0.3, -0.25) is 24.2 Å². The molecule has 4 N–H and O–H groups in total. The number of aliphatic hydroxyl groups excluding tert-OH is 1. The number of pyridine rings is 1. The van der Waals surface area contributed by atoms with Gasteiger partial charge >= 0.3 is 0 Å². The van der Waals surface area contributed by atoms with Crippen molar-refractivity contribution in [2.45, 2.75) is 44.9 Å². The van der Waals surface area contributed by atoms with Crippen LogP contribution in [0.3, 0.4) is 0 Å². The van der Waals surface area contributed by atoms with Crippen LogP contribution >= 0.6 is 0 Å². The van der Waals surface area contributed by atoms with Gasteiger partial charge < -0.3 is 25.3 Å². The van der Waals surface area contributed by atoms with Crippen LogP contribution in [0.1, 0.15) is 41.3 Å². The van der Waals surface area contributed by atoms with E-state index in [0.717, 1.165) is 11.8 Å². The van der Waals surface area contributed by atoms with Gasteiger partial charge in [0.05, 0.1) is 24.4 Å². The molecule has 0 bridgehead atoms. The molecule has 166 valence electrons. The Hall–Kier alpha value is -3.53. The Morgan fingerprint density at radius 2 is 2.03 bits per heavy atom. The van der Waals surface area contributed by atoms with E-state index in [9.17, 15) is 19.5 Å². The van der Waals surface area contributed by atoms with Gasteiger partial charge in [-0.2, -0.15) is 0 Å². The maximum absolute atomic E-state index is 12.4. The van der Waals surface area contributed by atoms with E-state index in [1.165, 1.54) is 6.07 Å². The Morgan fingerprint density at radius 3 is 2.65 bits per heavy atom. The predicted octanol–water partition coefficient (Wildman–Crippen LogP) is 0.620. The Balaban J connectivity index is 0.00000107. The summed E-state index contributed by atoms with van der Waals surface area (Å²) in [5, 5.41) is 22.8. The minimum Gasteiger partial charge on any atom is -0.483 e. The summed E-state index contributed by atoms with van der Waals surface area (Å²) in [6.45, 7) is 1.67. The molecule has 10 heteroatoms. The lowest BCUT2D eigenvalue weighted by Gasteiger charge is -2.32. The lowest BCUT2D eigenvalue weighted by Crippen LogP contribution is -2.49. The van der Waals surface area contributed by atoms with Gasteiger partial charge in [0.1, 0.15) is 5.76 Å². The number of nitrogens with one attached hydrogen (secondary N) is 2. The second-order valence-electron chi connectivity index (χ2n) is 7.07. The van der Waals surface area contributed by atoms with Crippen molar-refractivity contribution in [1.29, 1.82) is 0 Å². The van der Waals surface area contributed by atoms with E-state index in [1.54, 1.807) is 19.2 Å².